The van der Waals surface area contributed by atoms with E-state index < -0.39 is 6.10 Å². The highest BCUT2D eigenvalue weighted by Gasteiger charge is 2.05. The number of hydrogen-bond donors (Lipinski definition) is 2. The lowest BCUT2D eigenvalue weighted by Gasteiger charge is -2.06. The summed E-state index contributed by atoms with van der Waals surface area (Å²) in [7, 11) is 0. The van der Waals surface area contributed by atoms with Crippen LogP contribution in [0.5, 0.6) is 0 Å². The summed E-state index contributed by atoms with van der Waals surface area (Å²) >= 11 is 1.44. The van der Waals surface area contributed by atoms with E-state index in [1.165, 1.54) is 22.2 Å². The zero-order valence-electron chi connectivity index (χ0n) is 9.69. The topological polar surface area (TPSA) is 74.8 Å². The molecule has 0 bridgehead atoms. The fourth-order valence-corrected chi connectivity index (χ4v) is 2.38. The number of aromatic nitrogens is 2. The standard InChI is InChI=1S/C12H14N2O3S/c15-6-10(16)8-18-7-9-5-12(17)14-4-2-1-3-11(14)13-9/h1-5,10,15-16H,6-8H2. The van der Waals surface area contributed by atoms with E-state index in [0.717, 1.165) is 0 Å². The second-order valence-corrected chi connectivity index (χ2v) is 4.90. The average molecular weight is 266 g/mol. The van der Waals surface area contributed by atoms with Gasteiger partial charge in [0.1, 0.15) is 5.65 Å². The molecule has 2 aromatic rings. The summed E-state index contributed by atoms with van der Waals surface area (Å²) in [5, 5.41) is 17.9. The molecule has 1 atom stereocenters. The van der Waals surface area contributed by atoms with Crippen LogP contribution in [-0.4, -0.2) is 38.1 Å². The predicted octanol–water partition coefficient (Wildman–Crippen LogP) is 0.281. The first-order chi connectivity index (χ1) is 8.70. The number of nitrogens with zero attached hydrogens (tertiary/aromatic N) is 2. The number of pyridine rings is 1. The van der Waals surface area contributed by atoms with Gasteiger partial charge in [0.2, 0.25) is 0 Å². The van der Waals surface area contributed by atoms with Crippen molar-refractivity contribution in [1.82, 2.24) is 9.38 Å². The first-order valence-electron chi connectivity index (χ1n) is 5.54. The minimum atomic E-state index is -0.725. The maximum Gasteiger partial charge on any atom is 0.258 e. The van der Waals surface area contributed by atoms with Crippen molar-refractivity contribution in [1.29, 1.82) is 0 Å². The lowest BCUT2D eigenvalue weighted by atomic mass is 10.4. The molecule has 0 aliphatic heterocycles. The molecule has 2 rings (SSSR count). The summed E-state index contributed by atoms with van der Waals surface area (Å²) in [6.45, 7) is -0.249. The van der Waals surface area contributed by atoms with E-state index in [-0.39, 0.29) is 12.2 Å². The Morgan fingerprint density at radius 2 is 2.28 bits per heavy atom. The lowest BCUT2D eigenvalue weighted by Crippen LogP contribution is -2.16. The molecule has 96 valence electrons. The molecule has 2 N–H and O–H groups in total. The van der Waals surface area contributed by atoms with Gasteiger partial charge in [-0.25, -0.2) is 4.98 Å². The van der Waals surface area contributed by atoms with Crippen LogP contribution in [0.15, 0.2) is 35.3 Å². The second kappa shape index (κ2) is 5.99. The summed E-state index contributed by atoms with van der Waals surface area (Å²) in [5.74, 6) is 0.962. The van der Waals surface area contributed by atoms with Crippen molar-refractivity contribution in [3.8, 4) is 0 Å². The SMILES string of the molecule is O=c1cc(CSCC(O)CO)nc2ccccn12. The van der Waals surface area contributed by atoms with E-state index in [2.05, 4.69) is 4.98 Å². The maximum atomic E-state index is 11.8. The van der Waals surface area contributed by atoms with Crippen molar-refractivity contribution in [3.63, 3.8) is 0 Å². The second-order valence-electron chi connectivity index (χ2n) is 3.87. The number of aliphatic hydroxyl groups excluding tert-OH is 2. The predicted molar refractivity (Wildman–Crippen MR) is 70.7 cm³/mol. The molecule has 1 unspecified atom stereocenters. The van der Waals surface area contributed by atoms with Crippen LogP contribution in [0.1, 0.15) is 5.69 Å². The van der Waals surface area contributed by atoms with E-state index in [1.807, 2.05) is 6.07 Å². The fourth-order valence-electron chi connectivity index (χ4n) is 1.53. The average Bonchev–Trinajstić information content (AvgIpc) is 2.38. The van der Waals surface area contributed by atoms with Crippen LogP contribution in [0.4, 0.5) is 0 Å². The molecule has 0 aliphatic carbocycles. The van der Waals surface area contributed by atoms with Gasteiger partial charge in [-0.1, -0.05) is 6.07 Å². The molecule has 0 aromatic carbocycles. The lowest BCUT2D eigenvalue weighted by molar-refractivity contribution is 0.113. The Bertz CT molecular complexity index is 585. The number of fused-ring (bicyclic) bond motifs is 1. The minimum Gasteiger partial charge on any atom is -0.394 e. The molecular formula is C12H14N2O3S. The van der Waals surface area contributed by atoms with E-state index in [0.29, 0.717) is 22.8 Å². The molecule has 0 aliphatic rings. The molecule has 0 saturated carbocycles. The zero-order chi connectivity index (χ0) is 13.0. The molecule has 6 heteroatoms. The minimum absolute atomic E-state index is 0.112. The van der Waals surface area contributed by atoms with Gasteiger partial charge in [0.05, 0.1) is 18.4 Å². The quantitative estimate of drug-likeness (QED) is 0.813. The van der Waals surface area contributed by atoms with Gasteiger partial charge in [0.15, 0.2) is 0 Å². The third-order valence-corrected chi connectivity index (χ3v) is 3.52. The molecular weight excluding hydrogens is 252 g/mol. The largest absolute Gasteiger partial charge is 0.394 e. The number of aliphatic hydroxyl groups is 2. The molecule has 2 aromatic heterocycles. The van der Waals surface area contributed by atoms with Crippen LogP contribution in [0.2, 0.25) is 0 Å². The smallest absolute Gasteiger partial charge is 0.258 e. The normalized spacial score (nSPS) is 12.8. The molecule has 5 nitrogen and oxygen atoms in total. The monoisotopic (exact) mass is 266 g/mol. The highest BCUT2D eigenvalue weighted by atomic mass is 32.2. The van der Waals surface area contributed by atoms with Gasteiger partial charge >= 0.3 is 0 Å². The zero-order valence-corrected chi connectivity index (χ0v) is 10.5. The van der Waals surface area contributed by atoms with Crippen molar-refractivity contribution in [2.24, 2.45) is 0 Å². The molecule has 18 heavy (non-hydrogen) atoms. The third kappa shape index (κ3) is 3.10. The summed E-state index contributed by atoms with van der Waals surface area (Å²) in [4.78, 5) is 16.1. The van der Waals surface area contributed by atoms with Crippen molar-refractivity contribution in [3.05, 3.63) is 46.5 Å². The van der Waals surface area contributed by atoms with Gasteiger partial charge in [-0.3, -0.25) is 9.20 Å². The van der Waals surface area contributed by atoms with Crippen molar-refractivity contribution < 1.29 is 10.2 Å². The molecule has 0 radical (unpaired) electrons. The number of rotatable bonds is 5. The Hall–Kier alpha value is -1.37. The highest BCUT2D eigenvalue weighted by Crippen LogP contribution is 2.11. The fraction of sp³-hybridized carbons (Fsp3) is 0.333. The summed E-state index contributed by atoms with van der Waals surface area (Å²) in [6, 6.07) is 6.87. The van der Waals surface area contributed by atoms with E-state index >= 15 is 0 Å². The molecule has 0 spiro atoms. The van der Waals surface area contributed by atoms with Gasteiger partial charge in [0.25, 0.3) is 5.56 Å². The van der Waals surface area contributed by atoms with E-state index in [9.17, 15) is 9.90 Å². The molecule has 0 fully saturated rings. The van der Waals surface area contributed by atoms with Crippen LogP contribution < -0.4 is 5.56 Å². The Morgan fingerprint density at radius 1 is 1.44 bits per heavy atom. The summed E-state index contributed by atoms with van der Waals surface area (Å²) < 4.78 is 1.48. The van der Waals surface area contributed by atoms with Crippen LogP contribution in [0, 0.1) is 0 Å². The molecule has 0 saturated heterocycles. The van der Waals surface area contributed by atoms with Crippen molar-refractivity contribution >= 4 is 17.4 Å². The van der Waals surface area contributed by atoms with Crippen molar-refractivity contribution in [2.45, 2.75) is 11.9 Å². The Balaban J connectivity index is 2.12. The van der Waals surface area contributed by atoms with Gasteiger partial charge < -0.3 is 10.2 Å². The van der Waals surface area contributed by atoms with Gasteiger partial charge in [0, 0.05) is 23.8 Å². The maximum absolute atomic E-state index is 11.8. The van der Waals surface area contributed by atoms with Gasteiger partial charge in [-0.05, 0) is 12.1 Å². The van der Waals surface area contributed by atoms with Crippen LogP contribution >= 0.6 is 11.8 Å². The molecule has 0 amide bonds. The van der Waals surface area contributed by atoms with Crippen LogP contribution in [0.25, 0.3) is 5.65 Å². The Morgan fingerprint density at radius 3 is 3.06 bits per heavy atom. The van der Waals surface area contributed by atoms with Gasteiger partial charge in [-0.2, -0.15) is 11.8 Å². The van der Waals surface area contributed by atoms with Gasteiger partial charge in [-0.15, -0.1) is 0 Å². The van der Waals surface area contributed by atoms with E-state index in [4.69, 9.17) is 5.11 Å². The number of hydrogen-bond acceptors (Lipinski definition) is 5. The third-order valence-electron chi connectivity index (χ3n) is 2.39. The van der Waals surface area contributed by atoms with Crippen LogP contribution in [0.3, 0.4) is 0 Å². The first kappa shape index (κ1) is 13.1. The molecule has 2 heterocycles. The highest BCUT2D eigenvalue weighted by molar-refractivity contribution is 7.98. The van der Waals surface area contributed by atoms with Crippen LogP contribution in [-0.2, 0) is 5.75 Å². The summed E-state index contributed by atoms with van der Waals surface area (Å²) in [5.41, 5.74) is 1.18. The Kier molecular flexibility index (Phi) is 4.35. The van der Waals surface area contributed by atoms with E-state index in [1.54, 1.807) is 18.3 Å². The number of thioether (sulfide) groups is 1. The van der Waals surface area contributed by atoms with Crippen molar-refractivity contribution in [2.75, 3.05) is 12.4 Å². The first-order valence-corrected chi connectivity index (χ1v) is 6.70. The Labute approximate surface area is 108 Å². The summed E-state index contributed by atoms with van der Waals surface area (Å²) in [6.07, 6.45) is 0.952.